The molecule has 0 aromatic rings. The maximum atomic E-state index is 8.97. The third-order valence-electron chi connectivity index (χ3n) is 1.25. The van der Waals surface area contributed by atoms with Crippen molar-refractivity contribution in [3.63, 3.8) is 0 Å². The molecule has 0 aromatic carbocycles. The molecule has 2 unspecified atom stereocenters. The third kappa shape index (κ3) is 5.08. The minimum absolute atomic E-state index is 0.0112. The van der Waals surface area contributed by atoms with Gasteiger partial charge in [-0.25, -0.2) is 0 Å². The lowest BCUT2D eigenvalue weighted by Crippen LogP contribution is -2.45. The van der Waals surface area contributed by atoms with Gasteiger partial charge in [0.25, 0.3) is 5.97 Å². The van der Waals surface area contributed by atoms with Crippen LogP contribution in [-0.2, 0) is 0 Å². The first-order valence-electron chi connectivity index (χ1n) is 3.17. The fourth-order valence-corrected chi connectivity index (χ4v) is 0.589. The van der Waals surface area contributed by atoms with Crippen LogP contribution in [0.1, 0.15) is 6.42 Å². The maximum Gasteiger partial charge on any atom is 0.277 e. The van der Waals surface area contributed by atoms with Crippen molar-refractivity contribution < 1.29 is 20.4 Å². The van der Waals surface area contributed by atoms with Crippen LogP contribution in [-0.4, -0.2) is 45.1 Å². The van der Waals surface area contributed by atoms with Crippen LogP contribution in [0.2, 0.25) is 0 Å². The van der Waals surface area contributed by atoms with Crippen LogP contribution in [0.3, 0.4) is 0 Å². The predicted molar refractivity (Wildman–Crippen MR) is 37.0 cm³/mol. The van der Waals surface area contributed by atoms with Gasteiger partial charge >= 0.3 is 0 Å². The van der Waals surface area contributed by atoms with Gasteiger partial charge in [-0.05, 0) is 0 Å². The summed E-state index contributed by atoms with van der Waals surface area (Å²) in [5.41, 5.74) is 10.3. The van der Waals surface area contributed by atoms with E-state index in [1.807, 2.05) is 0 Å². The Balaban J connectivity index is 3.77. The van der Waals surface area contributed by atoms with E-state index < -0.39 is 24.5 Å². The monoisotopic (exact) mass is 166 g/mol. The van der Waals surface area contributed by atoms with Crippen LogP contribution in [0.5, 0.6) is 0 Å². The molecule has 6 heteroatoms. The normalized spacial score (nSPS) is 18.0. The quantitative estimate of drug-likeness (QED) is 0.242. The molecule has 0 bridgehead atoms. The highest BCUT2D eigenvalue weighted by atomic mass is 16.7. The topological polar surface area (TPSA) is 133 Å². The van der Waals surface area contributed by atoms with Gasteiger partial charge < -0.3 is 31.9 Å². The van der Waals surface area contributed by atoms with Gasteiger partial charge in [0.1, 0.15) is 0 Å². The van der Waals surface area contributed by atoms with Gasteiger partial charge in [0.2, 0.25) is 0 Å². The van der Waals surface area contributed by atoms with Crippen LogP contribution in [0.4, 0.5) is 0 Å². The van der Waals surface area contributed by atoms with Gasteiger partial charge in [-0.1, -0.05) is 0 Å². The minimum atomic E-state index is -2.88. The van der Waals surface area contributed by atoms with Crippen LogP contribution < -0.4 is 11.5 Å². The Kier molecular flexibility index (Phi) is 3.87. The van der Waals surface area contributed by atoms with Crippen molar-refractivity contribution >= 4 is 0 Å². The molecule has 0 radical (unpaired) electrons. The summed E-state index contributed by atoms with van der Waals surface area (Å²) in [6.45, 7) is 0.0112. The number of aliphatic hydroxyl groups excluding tert-OH is 1. The summed E-state index contributed by atoms with van der Waals surface area (Å²) >= 11 is 0. The van der Waals surface area contributed by atoms with Crippen molar-refractivity contribution in [2.24, 2.45) is 11.5 Å². The van der Waals surface area contributed by atoms with E-state index in [9.17, 15) is 0 Å². The zero-order chi connectivity index (χ0) is 9.07. The highest BCUT2D eigenvalue weighted by Crippen LogP contribution is 2.06. The van der Waals surface area contributed by atoms with E-state index in [2.05, 4.69) is 0 Å². The summed E-state index contributed by atoms with van der Waals surface area (Å²) in [6, 6.07) is -0.763. The number of rotatable bonds is 4. The van der Waals surface area contributed by atoms with E-state index >= 15 is 0 Å². The zero-order valence-electron chi connectivity index (χ0n) is 6.01. The molecular weight excluding hydrogens is 152 g/mol. The van der Waals surface area contributed by atoms with Crippen molar-refractivity contribution in [2.45, 2.75) is 24.5 Å². The Hall–Kier alpha value is -0.240. The van der Waals surface area contributed by atoms with Gasteiger partial charge in [-0.3, -0.25) is 0 Å². The highest BCUT2D eigenvalue weighted by molar-refractivity contribution is 4.74. The van der Waals surface area contributed by atoms with Crippen molar-refractivity contribution in [3.05, 3.63) is 0 Å². The molecule has 0 heterocycles. The zero-order valence-corrected chi connectivity index (χ0v) is 6.01. The van der Waals surface area contributed by atoms with E-state index in [1.165, 1.54) is 0 Å². The molecule has 0 fully saturated rings. The molecular formula is C5H14N2O4. The standard InChI is InChI=1S/C5H14N2O4/c6-2-3(7)4(8)1-5(9,10)11/h3-4,8-11H,1-2,6-7H2. The lowest BCUT2D eigenvalue weighted by atomic mass is 10.1. The Bertz CT molecular complexity index is 114. The molecule has 0 saturated carbocycles. The Labute approximate surface area is 64.1 Å². The lowest BCUT2D eigenvalue weighted by molar-refractivity contribution is -0.323. The number of hydrogen-bond donors (Lipinski definition) is 6. The van der Waals surface area contributed by atoms with Gasteiger partial charge in [0.15, 0.2) is 0 Å². The number of nitrogens with two attached hydrogens (primary N) is 2. The maximum absolute atomic E-state index is 8.97. The van der Waals surface area contributed by atoms with Crippen LogP contribution in [0.15, 0.2) is 0 Å². The average molecular weight is 166 g/mol. The molecule has 0 saturated heterocycles. The summed E-state index contributed by atoms with van der Waals surface area (Å²) in [4.78, 5) is 0. The predicted octanol–water partition coefficient (Wildman–Crippen LogP) is -3.35. The Morgan fingerprint density at radius 3 is 2.00 bits per heavy atom. The van der Waals surface area contributed by atoms with E-state index in [0.717, 1.165) is 0 Å². The minimum Gasteiger partial charge on any atom is -0.391 e. The summed E-state index contributed by atoms with van der Waals surface area (Å²) in [6.07, 6.45) is -1.86. The molecule has 0 aromatic heterocycles. The second-order valence-corrected chi connectivity index (χ2v) is 2.45. The van der Waals surface area contributed by atoms with E-state index in [-0.39, 0.29) is 6.54 Å². The molecule has 0 amide bonds. The fourth-order valence-electron chi connectivity index (χ4n) is 0.589. The van der Waals surface area contributed by atoms with Gasteiger partial charge in [0.05, 0.1) is 12.5 Å². The second kappa shape index (κ2) is 3.96. The molecule has 2 atom stereocenters. The van der Waals surface area contributed by atoms with Gasteiger partial charge in [-0.15, -0.1) is 0 Å². The average Bonchev–Trinajstić information content (AvgIpc) is 1.82. The summed E-state index contributed by atoms with van der Waals surface area (Å²) in [7, 11) is 0. The smallest absolute Gasteiger partial charge is 0.277 e. The molecule has 6 nitrogen and oxygen atoms in total. The van der Waals surface area contributed by atoms with Gasteiger partial charge in [0, 0.05) is 12.6 Å². The lowest BCUT2D eigenvalue weighted by Gasteiger charge is -2.21. The number of aliphatic hydroxyl groups is 4. The first kappa shape index (κ1) is 10.8. The molecule has 0 rings (SSSR count). The van der Waals surface area contributed by atoms with E-state index in [4.69, 9.17) is 31.9 Å². The second-order valence-electron chi connectivity index (χ2n) is 2.45. The van der Waals surface area contributed by atoms with Crippen LogP contribution in [0, 0.1) is 0 Å². The van der Waals surface area contributed by atoms with Crippen molar-refractivity contribution in [1.29, 1.82) is 0 Å². The fraction of sp³-hybridized carbons (Fsp3) is 1.00. The molecule has 11 heavy (non-hydrogen) atoms. The Morgan fingerprint density at radius 1 is 1.27 bits per heavy atom. The first-order chi connectivity index (χ1) is 4.87. The molecule has 0 aliphatic rings. The van der Waals surface area contributed by atoms with Crippen LogP contribution >= 0.6 is 0 Å². The molecule has 0 spiro atoms. The van der Waals surface area contributed by atoms with Crippen molar-refractivity contribution in [3.8, 4) is 0 Å². The SMILES string of the molecule is NCC(N)C(O)CC(O)(O)O. The molecule has 68 valence electrons. The highest BCUT2D eigenvalue weighted by Gasteiger charge is 2.26. The van der Waals surface area contributed by atoms with Gasteiger partial charge in [-0.2, -0.15) is 0 Å². The molecule has 0 aliphatic carbocycles. The summed E-state index contributed by atoms with van der Waals surface area (Å²) in [5.74, 6) is -2.88. The third-order valence-corrected chi connectivity index (χ3v) is 1.25. The Morgan fingerprint density at radius 2 is 1.73 bits per heavy atom. The largest absolute Gasteiger partial charge is 0.391 e. The first-order valence-corrected chi connectivity index (χ1v) is 3.17. The molecule has 8 N–H and O–H groups in total. The van der Waals surface area contributed by atoms with E-state index in [1.54, 1.807) is 0 Å². The number of hydrogen-bond acceptors (Lipinski definition) is 6. The van der Waals surface area contributed by atoms with Crippen LogP contribution in [0.25, 0.3) is 0 Å². The summed E-state index contributed by atoms with van der Waals surface area (Å²) in [5, 5.41) is 34.1. The van der Waals surface area contributed by atoms with Crippen molar-refractivity contribution in [2.75, 3.05) is 6.54 Å². The van der Waals surface area contributed by atoms with E-state index in [0.29, 0.717) is 0 Å². The summed E-state index contributed by atoms with van der Waals surface area (Å²) < 4.78 is 0. The van der Waals surface area contributed by atoms with Crippen molar-refractivity contribution in [1.82, 2.24) is 0 Å². The molecule has 0 aliphatic heterocycles.